The summed E-state index contributed by atoms with van der Waals surface area (Å²) >= 11 is 0. The van der Waals surface area contributed by atoms with Gasteiger partial charge in [-0.15, -0.1) is 12.4 Å². The average Bonchev–Trinajstić information content (AvgIpc) is 2.29. The van der Waals surface area contributed by atoms with Crippen molar-refractivity contribution in [1.82, 2.24) is 10.6 Å². The van der Waals surface area contributed by atoms with Gasteiger partial charge in [0.15, 0.2) is 9.84 Å². The monoisotopic (exact) mass is 298 g/mol. The Hall–Kier alpha value is -0.330. The Kier molecular flexibility index (Phi) is 7.17. The second kappa shape index (κ2) is 7.31. The third-order valence-electron chi connectivity index (χ3n) is 3.28. The molecule has 5 nitrogen and oxygen atoms in total. The van der Waals surface area contributed by atoms with Crippen molar-refractivity contribution in [3.05, 3.63) is 0 Å². The number of hydrogen-bond acceptors (Lipinski definition) is 4. The van der Waals surface area contributed by atoms with Crippen LogP contribution in [0.1, 0.15) is 26.7 Å². The third kappa shape index (κ3) is 5.12. The van der Waals surface area contributed by atoms with Crippen molar-refractivity contribution in [3.8, 4) is 0 Å². The predicted molar refractivity (Wildman–Crippen MR) is 74.8 cm³/mol. The van der Waals surface area contributed by atoms with Crippen molar-refractivity contribution in [3.63, 3.8) is 0 Å². The first-order chi connectivity index (χ1) is 7.90. The summed E-state index contributed by atoms with van der Waals surface area (Å²) in [5.41, 5.74) is -0.395. The fraction of sp³-hybridized carbons (Fsp3) is 0.909. The lowest BCUT2D eigenvalue weighted by Crippen LogP contribution is -2.49. The van der Waals surface area contributed by atoms with E-state index in [0.717, 1.165) is 19.4 Å². The zero-order valence-electron chi connectivity index (χ0n) is 11.0. The molecular weight excluding hydrogens is 276 g/mol. The molecule has 2 N–H and O–H groups in total. The van der Waals surface area contributed by atoms with Crippen LogP contribution in [-0.2, 0) is 14.6 Å². The highest BCUT2D eigenvalue weighted by molar-refractivity contribution is 7.91. The molecule has 1 heterocycles. The SMILES string of the molecule is CCS(=O)(=O)CCNC(=O)C1(C)CCCNC1.Cl. The lowest BCUT2D eigenvalue weighted by atomic mass is 9.82. The molecule has 1 atom stereocenters. The molecule has 0 aromatic rings. The van der Waals surface area contributed by atoms with E-state index in [1.165, 1.54) is 0 Å². The first kappa shape index (κ1) is 17.7. The molecule has 18 heavy (non-hydrogen) atoms. The highest BCUT2D eigenvalue weighted by Crippen LogP contribution is 2.25. The summed E-state index contributed by atoms with van der Waals surface area (Å²) in [6.07, 6.45) is 1.84. The van der Waals surface area contributed by atoms with Crippen LogP contribution < -0.4 is 10.6 Å². The van der Waals surface area contributed by atoms with Crippen molar-refractivity contribution in [2.24, 2.45) is 5.41 Å². The number of halogens is 1. The van der Waals surface area contributed by atoms with Gasteiger partial charge in [0, 0.05) is 18.8 Å². The van der Waals surface area contributed by atoms with Crippen LogP contribution in [0.5, 0.6) is 0 Å². The molecule has 0 aromatic carbocycles. The topological polar surface area (TPSA) is 75.3 Å². The highest BCUT2D eigenvalue weighted by atomic mass is 35.5. The van der Waals surface area contributed by atoms with Crippen LogP contribution in [0.15, 0.2) is 0 Å². The van der Waals surface area contributed by atoms with E-state index in [-0.39, 0.29) is 36.4 Å². The summed E-state index contributed by atoms with van der Waals surface area (Å²) in [5, 5.41) is 5.92. The number of carbonyl (C=O) groups excluding carboxylic acids is 1. The molecule has 0 aromatic heterocycles. The van der Waals surface area contributed by atoms with E-state index in [1.807, 2.05) is 6.92 Å². The molecule has 1 amide bonds. The zero-order chi connectivity index (χ0) is 12.9. The standard InChI is InChI=1S/C11H22N2O3S.ClH/c1-3-17(15,16)8-7-13-10(14)11(2)5-4-6-12-9-11;/h12H,3-9H2,1-2H3,(H,13,14);1H. The molecule has 1 rings (SSSR count). The number of piperidine rings is 1. The van der Waals surface area contributed by atoms with Crippen LogP contribution in [0.3, 0.4) is 0 Å². The molecule has 0 spiro atoms. The van der Waals surface area contributed by atoms with Crippen LogP contribution in [0.25, 0.3) is 0 Å². The van der Waals surface area contributed by atoms with Gasteiger partial charge in [0.1, 0.15) is 0 Å². The molecule has 0 bridgehead atoms. The maximum absolute atomic E-state index is 11.9. The lowest BCUT2D eigenvalue weighted by Gasteiger charge is -2.32. The minimum atomic E-state index is -3.00. The van der Waals surface area contributed by atoms with Crippen molar-refractivity contribution >= 4 is 28.2 Å². The molecule has 0 aliphatic carbocycles. The van der Waals surface area contributed by atoms with Crippen LogP contribution in [0.4, 0.5) is 0 Å². The van der Waals surface area contributed by atoms with E-state index >= 15 is 0 Å². The Morgan fingerprint density at radius 1 is 1.44 bits per heavy atom. The van der Waals surface area contributed by atoms with Gasteiger partial charge >= 0.3 is 0 Å². The van der Waals surface area contributed by atoms with Gasteiger partial charge in [0.05, 0.1) is 11.2 Å². The van der Waals surface area contributed by atoms with E-state index in [2.05, 4.69) is 10.6 Å². The van der Waals surface area contributed by atoms with Gasteiger partial charge in [-0.2, -0.15) is 0 Å². The summed E-state index contributed by atoms with van der Waals surface area (Å²) < 4.78 is 22.5. The molecule has 1 unspecified atom stereocenters. The minimum absolute atomic E-state index is 0. The van der Waals surface area contributed by atoms with E-state index in [9.17, 15) is 13.2 Å². The summed E-state index contributed by atoms with van der Waals surface area (Å²) in [7, 11) is -3.00. The number of carbonyl (C=O) groups is 1. The van der Waals surface area contributed by atoms with Gasteiger partial charge < -0.3 is 10.6 Å². The number of amides is 1. The fourth-order valence-electron chi connectivity index (χ4n) is 1.93. The van der Waals surface area contributed by atoms with Gasteiger partial charge in [-0.25, -0.2) is 8.42 Å². The number of hydrogen-bond donors (Lipinski definition) is 2. The Morgan fingerprint density at radius 3 is 2.61 bits per heavy atom. The molecule has 1 fully saturated rings. The quantitative estimate of drug-likeness (QED) is 0.768. The summed E-state index contributed by atoms with van der Waals surface area (Å²) in [6.45, 7) is 5.36. The summed E-state index contributed by atoms with van der Waals surface area (Å²) in [6, 6.07) is 0. The molecule has 1 aliphatic rings. The van der Waals surface area contributed by atoms with Gasteiger partial charge in [-0.3, -0.25) is 4.79 Å². The van der Waals surface area contributed by atoms with Gasteiger partial charge in [-0.1, -0.05) is 6.92 Å². The van der Waals surface area contributed by atoms with Crippen molar-refractivity contribution in [1.29, 1.82) is 0 Å². The minimum Gasteiger partial charge on any atom is -0.355 e. The Labute approximate surface area is 115 Å². The molecule has 0 saturated carbocycles. The molecule has 7 heteroatoms. The first-order valence-electron chi connectivity index (χ1n) is 6.09. The maximum atomic E-state index is 11.9. The van der Waals surface area contributed by atoms with Crippen molar-refractivity contribution in [2.75, 3.05) is 31.1 Å². The lowest BCUT2D eigenvalue weighted by molar-refractivity contribution is -0.130. The van der Waals surface area contributed by atoms with Crippen LogP contribution in [0, 0.1) is 5.41 Å². The third-order valence-corrected chi connectivity index (χ3v) is 4.99. The fourth-order valence-corrected chi connectivity index (χ4v) is 2.63. The summed E-state index contributed by atoms with van der Waals surface area (Å²) in [5.74, 6) is 0.108. The molecule has 1 aliphatic heterocycles. The van der Waals surface area contributed by atoms with Crippen LogP contribution >= 0.6 is 12.4 Å². The average molecular weight is 299 g/mol. The normalized spacial score (nSPS) is 24.1. The van der Waals surface area contributed by atoms with E-state index in [1.54, 1.807) is 6.92 Å². The number of sulfone groups is 1. The van der Waals surface area contributed by atoms with Gasteiger partial charge in [-0.05, 0) is 26.3 Å². The largest absolute Gasteiger partial charge is 0.355 e. The molecular formula is C11H23ClN2O3S. The smallest absolute Gasteiger partial charge is 0.227 e. The molecule has 1 saturated heterocycles. The van der Waals surface area contributed by atoms with Crippen LogP contribution in [-0.4, -0.2) is 45.5 Å². The summed E-state index contributed by atoms with van der Waals surface area (Å²) in [4.78, 5) is 11.9. The first-order valence-corrected chi connectivity index (χ1v) is 7.91. The van der Waals surface area contributed by atoms with Crippen molar-refractivity contribution in [2.45, 2.75) is 26.7 Å². The Balaban J connectivity index is 0.00000289. The Morgan fingerprint density at radius 2 is 2.11 bits per heavy atom. The number of nitrogens with one attached hydrogen (secondary N) is 2. The Bertz CT molecular complexity index is 364. The van der Waals surface area contributed by atoms with E-state index < -0.39 is 15.3 Å². The zero-order valence-corrected chi connectivity index (χ0v) is 12.6. The number of rotatable bonds is 5. The van der Waals surface area contributed by atoms with E-state index in [0.29, 0.717) is 6.54 Å². The maximum Gasteiger partial charge on any atom is 0.227 e. The van der Waals surface area contributed by atoms with E-state index in [4.69, 9.17) is 0 Å². The van der Waals surface area contributed by atoms with Gasteiger partial charge in [0.25, 0.3) is 0 Å². The molecule has 0 radical (unpaired) electrons. The molecule has 108 valence electrons. The second-order valence-electron chi connectivity index (χ2n) is 4.83. The van der Waals surface area contributed by atoms with Crippen molar-refractivity contribution < 1.29 is 13.2 Å². The highest BCUT2D eigenvalue weighted by Gasteiger charge is 2.34. The van der Waals surface area contributed by atoms with Crippen LogP contribution in [0.2, 0.25) is 0 Å². The predicted octanol–water partition coefficient (Wildman–Crippen LogP) is 0.349. The second-order valence-corrected chi connectivity index (χ2v) is 7.31. The van der Waals surface area contributed by atoms with Gasteiger partial charge in [0.2, 0.25) is 5.91 Å².